The van der Waals surface area contributed by atoms with E-state index in [4.69, 9.17) is 15.3 Å². The Hall–Kier alpha value is -2.46. The number of hydrogen-bond donors (Lipinski definition) is 1. The van der Waals surface area contributed by atoms with Crippen molar-refractivity contribution < 1.29 is 18.3 Å². The minimum Gasteiger partial charge on any atom is -0.496 e. The molecule has 0 spiro atoms. The highest BCUT2D eigenvalue weighted by atomic mass is 32.2. The van der Waals surface area contributed by atoms with Crippen molar-refractivity contribution in [3.8, 4) is 22.9 Å². The molecule has 3 aromatic rings. The summed E-state index contributed by atoms with van der Waals surface area (Å²) in [6.45, 7) is 0. The standard InChI is InChI=1S/C18H18F2N4O2S2/c1-25-13-6-4-3-5-12(13)16-22-23-18(24(16)21)27-10-11-7-8-15(28-17(19)20)14(9-11)26-2/h3-9,17H,10,21H2,1-2H3. The second-order valence-corrected chi connectivity index (χ2v) is 7.50. The van der Waals surface area contributed by atoms with Gasteiger partial charge < -0.3 is 15.3 Å². The van der Waals surface area contributed by atoms with E-state index in [0.717, 1.165) is 11.1 Å². The zero-order valence-corrected chi connectivity index (χ0v) is 16.8. The first kappa shape index (κ1) is 20.3. The largest absolute Gasteiger partial charge is 0.496 e. The molecule has 0 saturated heterocycles. The molecular weight excluding hydrogens is 406 g/mol. The van der Waals surface area contributed by atoms with Crippen LogP contribution in [0.25, 0.3) is 11.4 Å². The first-order chi connectivity index (χ1) is 13.5. The molecule has 0 bridgehead atoms. The summed E-state index contributed by atoms with van der Waals surface area (Å²) in [6.07, 6.45) is 0. The van der Waals surface area contributed by atoms with Gasteiger partial charge in [-0.3, -0.25) is 0 Å². The number of ether oxygens (including phenoxy) is 2. The third-order valence-corrected chi connectivity index (χ3v) is 5.61. The number of benzene rings is 2. The number of para-hydroxylation sites is 1. The zero-order valence-electron chi connectivity index (χ0n) is 15.1. The summed E-state index contributed by atoms with van der Waals surface area (Å²) in [5, 5.41) is 8.83. The van der Waals surface area contributed by atoms with Gasteiger partial charge >= 0.3 is 0 Å². The molecule has 148 valence electrons. The van der Waals surface area contributed by atoms with Gasteiger partial charge in [0.1, 0.15) is 11.5 Å². The van der Waals surface area contributed by atoms with Crippen LogP contribution in [0.15, 0.2) is 52.5 Å². The summed E-state index contributed by atoms with van der Waals surface area (Å²) in [4.78, 5) is 0.395. The summed E-state index contributed by atoms with van der Waals surface area (Å²) in [5.41, 5.74) is 1.63. The summed E-state index contributed by atoms with van der Waals surface area (Å²) >= 11 is 1.84. The molecule has 0 aliphatic carbocycles. The number of nitrogens with two attached hydrogens (primary N) is 1. The lowest BCUT2D eigenvalue weighted by Gasteiger charge is -2.10. The van der Waals surface area contributed by atoms with Gasteiger partial charge in [-0.15, -0.1) is 10.2 Å². The average Bonchev–Trinajstić information content (AvgIpc) is 3.07. The second-order valence-electron chi connectivity index (χ2n) is 5.53. The third-order valence-electron chi connectivity index (χ3n) is 3.82. The van der Waals surface area contributed by atoms with Gasteiger partial charge in [-0.05, 0) is 29.8 Å². The van der Waals surface area contributed by atoms with Crippen LogP contribution in [0, 0.1) is 0 Å². The van der Waals surface area contributed by atoms with E-state index >= 15 is 0 Å². The molecule has 0 aliphatic heterocycles. The van der Waals surface area contributed by atoms with E-state index in [1.54, 1.807) is 25.3 Å². The normalized spacial score (nSPS) is 11.0. The van der Waals surface area contributed by atoms with Crippen molar-refractivity contribution >= 4 is 23.5 Å². The minimum atomic E-state index is -2.50. The highest BCUT2D eigenvalue weighted by molar-refractivity contribution is 7.99. The number of rotatable bonds is 8. The van der Waals surface area contributed by atoms with E-state index in [1.165, 1.54) is 23.5 Å². The Morgan fingerprint density at radius 1 is 1.07 bits per heavy atom. The van der Waals surface area contributed by atoms with E-state index in [1.807, 2.05) is 24.3 Å². The summed E-state index contributed by atoms with van der Waals surface area (Å²) in [7, 11) is 3.03. The quantitative estimate of drug-likeness (QED) is 0.427. The van der Waals surface area contributed by atoms with E-state index in [2.05, 4.69) is 10.2 Å². The SMILES string of the molecule is COc1cc(CSc2nnc(-c3ccccc3OC)n2N)ccc1SC(F)F. The molecule has 3 rings (SSSR count). The van der Waals surface area contributed by atoms with E-state index in [0.29, 0.717) is 44.9 Å². The maximum atomic E-state index is 12.6. The molecule has 6 nitrogen and oxygen atoms in total. The van der Waals surface area contributed by atoms with Crippen molar-refractivity contribution in [2.45, 2.75) is 21.6 Å². The Labute approximate surface area is 169 Å². The molecule has 0 unspecified atom stereocenters. The van der Waals surface area contributed by atoms with Crippen molar-refractivity contribution in [2.75, 3.05) is 20.1 Å². The molecule has 1 heterocycles. The number of alkyl halides is 2. The smallest absolute Gasteiger partial charge is 0.289 e. The van der Waals surface area contributed by atoms with Crippen LogP contribution in [0.3, 0.4) is 0 Å². The summed E-state index contributed by atoms with van der Waals surface area (Å²) in [6, 6.07) is 12.5. The molecule has 0 atom stereocenters. The Kier molecular flexibility index (Phi) is 6.63. The molecule has 2 N–H and O–H groups in total. The van der Waals surface area contributed by atoms with Crippen LogP contribution < -0.4 is 15.3 Å². The van der Waals surface area contributed by atoms with E-state index in [-0.39, 0.29) is 0 Å². The van der Waals surface area contributed by atoms with Crippen LogP contribution in [0.4, 0.5) is 8.78 Å². The number of nitrogens with zero attached hydrogens (tertiary/aromatic N) is 3. The maximum absolute atomic E-state index is 12.6. The highest BCUT2D eigenvalue weighted by Gasteiger charge is 2.16. The van der Waals surface area contributed by atoms with Crippen LogP contribution in [-0.2, 0) is 5.75 Å². The predicted molar refractivity (Wildman–Crippen MR) is 107 cm³/mol. The molecule has 0 radical (unpaired) electrons. The Morgan fingerprint density at radius 2 is 1.82 bits per heavy atom. The van der Waals surface area contributed by atoms with Crippen molar-refractivity contribution in [3.63, 3.8) is 0 Å². The van der Waals surface area contributed by atoms with E-state index in [9.17, 15) is 8.78 Å². The van der Waals surface area contributed by atoms with Crippen molar-refractivity contribution in [1.82, 2.24) is 14.9 Å². The van der Waals surface area contributed by atoms with Gasteiger partial charge in [0.2, 0.25) is 5.16 Å². The first-order valence-electron chi connectivity index (χ1n) is 8.12. The molecular formula is C18H18F2N4O2S2. The fraction of sp³-hybridized carbons (Fsp3) is 0.222. The van der Waals surface area contributed by atoms with Crippen LogP contribution in [0.5, 0.6) is 11.5 Å². The van der Waals surface area contributed by atoms with Gasteiger partial charge in [-0.1, -0.05) is 41.7 Å². The molecule has 1 aromatic heterocycles. The number of methoxy groups -OCH3 is 2. The van der Waals surface area contributed by atoms with Crippen LogP contribution in [0.2, 0.25) is 0 Å². The maximum Gasteiger partial charge on any atom is 0.289 e. The average molecular weight is 424 g/mol. The van der Waals surface area contributed by atoms with Crippen LogP contribution in [0.1, 0.15) is 5.56 Å². The first-order valence-corrected chi connectivity index (χ1v) is 9.98. The van der Waals surface area contributed by atoms with Gasteiger partial charge in [0.05, 0.1) is 24.7 Å². The lowest BCUT2D eigenvalue weighted by molar-refractivity contribution is 0.251. The summed E-state index contributed by atoms with van der Waals surface area (Å²) < 4.78 is 37.2. The highest BCUT2D eigenvalue weighted by Crippen LogP contribution is 2.35. The number of aromatic nitrogens is 3. The van der Waals surface area contributed by atoms with Crippen molar-refractivity contribution in [2.24, 2.45) is 0 Å². The molecule has 0 fully saturated rings. The Balaban J connectivity index is 1.76. The van der Waals surface area contributed by atoms with Gasteiger partial charge in [0.15, 0.2) is 5.82 Å². The van der Waals surface area contributed by atoms with Gasteiger partial charge in [0, 0.05) is 5.75 Å². The topological polar surface area (TPSA) is 75.2 Å². The Bertz CT molecular complexity index is 953. The fourth-order valence-corrected chi connectivity index (χ4v) is 3.93. The number of halogens is 2. The number of nitrogen functional groups attached to an aromatic ring is 1. The fourth-order valence-electron chi connectivity index (χ4n) is 2.53. The van der Waals surface area contributed by atoms with Gasteiger partial charge in [-0.25, -0.2) is 4.68 Å². The third kappa shape index (κ3) is 4.50. The second kappa shape index (κ2) is 9.16. The lowest BCUT2D eigenvalue weighted by atomic mass is 10.2. The molecule has 0 aliphatic rings. The van der Waals surface area contributed by atoms with Crippen molar-refractivity contribution in [3.05, 3.63) is 48.0 Å². The predicted octanol–water partition coefficient (Wildman–Crippen LogP) is 4.28. The van der Waals surface area contributed by atoms with E-state index < -0.39 is 5.76 Å². The number of hydrogen-bond acceptors (Lipinski definition) is 7. The molecule has 0 amide bonds. The molecule has 0 saturated carbocycles. The van der Waals surface area contributed by atoms with Crippen molar-refractivity contribution in [1.29, 1.82) is 0 Å². The Morgan fingerprint density at radius 3 is 2.54 bits per heavy atom. The minimum absolute atomic E-state index is 0.395. The van der Waals surface area contributed by atoms with Crippen LogP contribution >= 0.6 is 23.5 Å². The molecule has 10 heteroatoms. The van der Waals surface area contributed by atoms with Crippen LogP contribution in [-0.4, -0.2) is 34.9 Å². The molecule has 28 heavy (non-hydrogen) atoms. The zero-order chi connectivity index (χ0) is 20.1. The lowest BCUT2D eigenvalue weighted by Crippen LogP contribution is -2.12. The molecule has 2 aromatic carbocycles. The number of thioether (sulfide) groups is 2. The van der Waals surface area contributed by atoms with Gasteiger partial charge in [0.25, 0.3) is 5.76 Å². The summed E-state index contributed by atoms with van der Waals surface area (Å²) in [5.74, 6) is 5.73. The monoisotopic (exact) mass is 424 g/mol. The van der Waals surface area contributed by atoms with Gasteiger partial charge in [-0.2, -0.15) is 8.78 Å².